The molecule has 74 valence electrons. The zero-order valence-corrected chi connectivity index (χ0v) is 8.79. The average molecular weight is 194 g/mol. The molecular weight excluding hydrogens is 180 g/mol. The topological polar surface area (TPSA) is 0 Å². The van der Waals surface area contributed by atoms with Crippen LogP contribution in [0.1, 0.15) is 24.0 Å². The molecule has 0 fully saturated rings. The van der Waals surface area contributed by atoms with E-state index in [0.717, 1.165) is 6.42 Å². The number of rotatable bonds is 0. The Labute approximate surface area is 90.6 Å². The number of allylic oxidation sites excluding steroid dienone is 5. The molecule has 0 saturated carbocycles. The van der Waals surface area contributed by atoms with Crippen LogP contribution in [0, 0.1) is 0 Å². The van der Waals surface area contributed by atoms with E-state index < -0.39 is 0 Å². The van der Waals surface area contributed by atoms with Gasteiger partial charge in [0.25, 0.3) is 0 Å². The zero-order chi connectivity index (χ0) is 10.3. The third-order valence-corrected chi connectivity index (χ3v) is 3.36. The number of benzene rings is 1. The lowest BCUT2D eigenvalue weighted by molar-refractivity contribution is 0.940. The summed E-state index contributed by atoms with van der Waals surface area (Å²) in [6.45, 7) is 4.25. The summed E-state index contributed by atoms with van der Waals surface area (Å²) < 4.78 is 0. The van der Waals surface area contributed by atoms with Crippen molar-refractivity contribution in [1.29, 1.82) is 0 Å². The van der Waals surface area contributed by atoms with Crippen LogP contribution in [0.25, 0.3) is 5.57 Å². The minimum Gasteiger partial charge on any atom is -0.0909 e. The SMILES string of the molecule is C=C1C2=C(C=CCC2)Cc2ccccc21. The molecule has 1 aromatic carbocycles. The van der Waals surface area contributed by atoms with Gasteiger partial charge >= 0.3 is 0 Å². The minimum absolute atomic E-state index is 1.08. The lowest BCUT2D eigenvalue weighted by atomic mass is 9.79. The Morgan fingerprint density at radius 1 is 1.13 bits per heavy atom. The van der Waals surface area contributed by atoms with Gasteiger partial charge in [-0.25, -0.2) is 0 Å². The highest BCUT2D eigenvalue weighted by Crippen LogP contribution is 2.38. The van der Waals surface area contributed by atoms with Gasteiger partial charge in [0.1, 0.15) is 0 Å². The molecule has 1 aromatic rings. The van der Waals surface area contributed by atoms with Gasteiger partial charge in [-0.05, 0) is 47.1 Å². The highest BCUT2D eigenvalue weighted by atomic mass is 14.2. The Bertz CT molecular complexity index is 487. The molecule has 0 bridgehead atoms. The third kappa shape index (κ3) is 1.29. The second kappa shape index (κ2) is 3.23. The van der Waals surface area contributed by atoms with Crippen molar-refractivity contribution in [2.24, 2.45) is 0 Å². The monoisotopic (exact) mass is 194 g/mol. The smallest absolute Gasteiger partial charge is 0.00168 e. The van der Waals surface area contributed by atoms with Gasteiger partial charge in [-0.2, -0.15) is 0 Å². The van der Waals surface area contributed by atoms with Crippen LogP contribution >= 0.6 is 0 Å². The molecule has 0 heterocycles. The predicted molar refractivity (Wildman–Crippen MR) is 64.6 cm³/mol. The number of hydrogen-bond donors (Lipinski definition) is 0. The van der Waals surface area contributed by atoms with Crippen molar-refractivity contribution >= 4 is 5.57 Å². The molecule has 2 aliphatic carbocycles. The van der Waals surface area contributed by atoms with Crippen LogP contribution in [0.4, 0.5) is 0 Å². The van der Waals surface area contributed by atoms with Crippen molar-refractivity contribution in [3.63, 3.8) is 0 Å². The Morgan fingerprint density at radius 2 is 2.00 bits per heavy atom. The normalized spacial score (nSPS) is 18.8. The fourth-order valence-corrected chi connectivity index (χ4v) is 2.56. The maximum Gasteiger partial charge on any atom is -0.00168 e. The van der Waals surface area contributed by atoms with E-state index in [1.165, 1.54) is 40.7 Å². The van der Waals surface area contributed by atoms with Crippen molar-refractivity contribution in [2.75, 3.05) is 0 Å². The maximum absolute atomic E-state index is 4.25. The second-order valence-electron chi connectivity index (χ2n) is 4.26. The number of fused-ring (bicyclic) bond motifs is 1. The van der Waals surface area contributed by atoms with Crippen LogP contribution in [0.15, 0.2) is 54.1 Å². The lowest BCUT2D eigenvalue weighted by Gasteiger charge is -2.25. The Morgan fingerprint density at radius 3 is 2.93 bits per heavy atom. The molecule has 0 N–H and O–H groups in total. The van der Waals surface area contributed by atoms with Crippen LogP contribution in [-0.2, 0) is 6.42 Å². The van der Waals surface area contributed by atoms with Crippen molar-refractivity contribution in [3.8, 4) is 0 Å². The first kappa shape index (κ1) is 8.72. The molecular formula is C15H14. The van der Waals surface area contributed by atoms with Gasteiger partial charge in [0, 0.05) is 0 Å². The molecule has 15 heavy (non-hydrogen) atoms. The first-order chi connectivity index (χ1) is 7.36. The van der Waals surface area contributed by atoms with Crippen LogP contribution in [0.3, 0.4) is 0 Å². The van der Waals surface area contributed by atoms with Crippen LogP contribution in [-0.4, -0.2) is 0 Å². The molecule has 0 heteroatoms. The van der Waals surface area contributed by atoms with Gasteiger partial charge < -0.3 is 0 Å². The van der Waals surface area contributed by atoms with E-state index >= 15 is 0 Å². The van der Waals surface area contributed by atoms with Gasteiger partial charge in [0.2, 0.25) is 0 Å². The van der Waals surface area contributed by atoms with Crippen molar-refractivity contribution in [1.82, 2.24) is 0 Å². The highest BCUT2D eigenvalue weighted by molar-refractivity contribution is 5.83. The van der Waals surface area contributed by atoms with E-state index in [1.54, 1.807) is 0 Å². The van der Waals surface area contributed by atoms with E-state index in [9.17, 15) is 0 Å². The van der Waals surface area contributed by atoms with E-state index in [4.69, 9.17) is 0 Å². The largest absolute Gasteiger partial charge is 0.0909 e. The minimum atomic E-state index is 1.08. The summed E-state index contributed by atoms with van der Waals surface area (Å²) in [5, 5.41) is 0. The zero-order valence-electron chi connectivity index (χ0n) is 8.79. The summed E-state index contributed by atoms with van der Waals surface area (Å²) in [5.74, 6) is 0. The van der Waals surface area contributed by atoms with Crippen molar-refractivity contribution in [3.05, 3.63) is 65.3 Å². The van der Waals surface area contributed by atoms with Crippen molar-refractivity contribution in [2.45, 2.75) is 19.3 Å². The van der Waals surface area contributed by atoms with Gasteiger partial charge in [-0.1, -0.05) is 43.0 Å². The number of hydrogen-bond acceptors (Lipinski definition) is 0. The summed E-state index contributed by atoms with van der Waals surface area (Å²) in [4.78, 5) is 0. The molecule has 2 aliphatic rings. The van der Waals surface area contributed by atoms with Gasteiger partial charge in [0.05, 0.1) is 0 Å². The van der Waals surface area contributed by atoms with E-state index in [-0.39, 0.29) is 0 Å². The first-order valence-electron chi connectivity index (χ1n) is 5.52. The summed E-state index contributed by atoms with van der Waals surface area (Å²) >= 11 is 0. The molecule has 0 aliphatic heterocycles. The molecule has 0 atom stereocenters. The van der Waals surface area contributed by atoms with Gasteiger partial charge in [0.15, 0.2) is 0 Å². The third-order valence-electron chi connectivity index (χ3n) is 3.36. The molecule has 0 saturated heterocycles. The molecule has 0 nitrogen and oxygen atoms in total. The highest BCUT2D eigenvalue weighted by Gasteiger charge is 2.20. The van der Waals surface area contributed by atoms with E-state index in [2.05, 4.69) is 43.0 Å². The van der Waals surface area contributed by atoms with Crippen LogP contribution < -0.4 is 0 Å². The molecule has 0 unspecified atom stereocenters. The molecule has 0 aromatic heterocycles. The summed E-state index contributed by atoms with van der Waals surface area (Å²) in [5.41, 5.74) is 6.98. The second-order valence-corrected chi connectivity index (χ2v) is 4.26. The standard InChI is InChI=1S/C15H14/c1-11-14-8-4-2-6-12(14)10-13-7-3-5-9-15(11)13/h2-4,6-8H,1,5,9-10H2. The average Bonchev–Trinajstić information content (AvgIpc) is 2.30. The van der Waals surface area contributed by atoms with E-state index in [0.29, 0.717) is 0 Å². The quantitative estimate of drug-likeness (QED) is 0.587. The lowest BCUT2D eigenvalue weighted by Crippen LogP contribution is -2.08. The molecule has 3 rings (SSSR count). The molecule has 0 spiro atoms. The van der Waals surface area contributed by atoms with Crippen molar-refractivity contribution < 1.29 is 0 Å². The summed E-state index contributed by atoms with van der Waals surface area (Å²) in [6.07, 6.45) is 7.97. The molecule has 0 radical (unpaired) electrons. The van der Waals surface area contributed by atoms with E-state index in [1.807, 2.05) is 0 Å². The predicted octanol–water partition coefficient (Wildman–Crippen LogP) is 3.90. The van der Waals surface area contributed by atoms with Crippen LogP contribution in [0.5, 0.6) is 0 Å². The Balaban J connectivity index is 2.15. The van der Waals surface area contributed by atoms with Gasteiger partial charge in [-0.3, -0.25) is 0 Å². The Kier molecular flexibility index (Phi) is 1.88. The van der Waals surface area contributed by atoms with Gasteiger partial charge in [-0.15, -0.1) is 0 Å². The summed E-state index contributed by atoms with van der Waals surface area (Å²) in [7, 11) is 0. The first-order valence-corrected chi connectivity index (χ1v) is 5.52. The van der Waals surface area contributed by atoms with Crippen LogP contribution in [0.2, 0.25) is 0 Å². The fraction of sp³-hybridized carbons (Fsp3) is 0.200. The fourth-order valence-electron chi connectivity index (χ4n) is 2.56. The summed E-state index contributed by atoms with van der Waals surface area (Å²) in [6, 6.07) is 8.63. The molecule has 0 amide bonds. The maximum atomic E-state index is 4.25. The Hall–Kier alpha value is -1.56.